The van der Waals surface area contributed by atoms with E-state index in [2.05, 4.69) is 23.4 Å². The number of aromatic nitrogens is 1. The fraction of sp³-hybridized carbons (Fsp3) is 0.308. The van der Waals surface area contributed by atoms with Gasteiger partial charge in [0.1, 0.15) is 0 Å². The lowest BCUT2D eigenvalue weighted by molar-refractivity contribution is 0.431. The third-order valence-corrected chi connectivity index (χ3v) is 3.22. The summed E-state index contributed by atoms with van der Waals surface area (Å²) < 4.78 is 5.27. The Balaban J connectivity index is 2.07. The van der Waals surface area contributed by atoms with E-state index in [0.29, 0.717) is 6.54 Å². The van der Waals surface area contributed by atoms with Crippen LogP contribution in [0.25, 0.3) is 11.3 Å². The van der Waals surface area contributed by atoms with Gasteiger partial charge < -0.3 is 10.3 Å². The largest absolute Gasteiger partial charge is 0.356 e. The van der Waals surface area contributed by atoms with Crippen LogP contribution >= 0.6 is 0 Å². The van der Waals surface area contributed by atoms with Crippen molar-refractivity contribution in [1.82, 2.24) is 5.16 Å². The van der Waals surface area contributed by atoms with Crippen LogP contribution in [0.15, 0.2) is 28.9 Å². The summed E-state index contributed by atoms with van der Waals surface area (Å²) in [7, 11) is 0. The van der Waals surface area contributed by atoms with E-state index < -0.39 is 0 Å². The number of hydrogen-bond acceptors (Lipinski definition) is 3. The SMILES string of the molecule is NCc1cnoc1-c1ccc2c(c1)CCC2. The summed E-state index contributed by atoms with van der Waals surface area (Å²) >= 11 is 0. The van der Waals surface area contributed by atoms with Gasteiger partial charge in [-0.15, -0.1) is 0 Å². The first-order valence-corrected chi connectivity index (χ1v) is 5.64. The smallest absolute Gasteiger partial charge is 0.171 e. The molecular weight excluding hydrogens is 200 g/mol. The Kier molecular flexibility index (Phi) is 2.26. The molecule has 2 aromatic rings. The molecule has 0 spiro atoms. The third kappa shape index (κ3) is 1.44. The fourth-order valence-electron chi connectivity index (χ4n) is 2.36. The van der Waals surface area contributed by atoms with Gasteiger partial charge in [0.15, 0.2) is 5.76 Å². The highest BCUT2D eigenvalue weighted by Crippen LogP contribution is 2.29. The minimum atomic E-state index is 0.468. The van der Waals surface area contributed by atoms with E-state index in [1.807, 2.05) is 0 Å². The molecule has 1 aliphatic carbocycles. The summed E-state index contributed by atoms with van der Waals surface area (Å²) in [5.74, 6) is 0.817. The molecule has 0 saturated carbocycles. The first-order chi connectivity index (χ1) is 7.88. The topological polar surface area (TPSA) is 52.0 Å². The molecule has 82 valence electrons. The third-order valence-electron chi connectivity index (χ3n) is 3.22. The maximum atomic E-state index is 5.65. The first-order valence-electron chi connectivity index (χ1n) is 5.64. The zero-order valence-corrected chi connectivity index (χ0v) is 9.07. The average Bonchev–Trinajstić information content (AvgIpc) is 2.96. The van der Waals surface area contributed by atoms with Crippen LogP contribution in [0.2, 0.25) is 0 Å². The lowest BCUT2D eigenvalue weighted by atomic mass is 10.0. The van der Waals surface area contributed by atoms with Crippen LogP contribution in [0.1, 0.15) is 23.1 Å². The highest BCUT2D eigenvalue weighted by Gasteiger charge is 2.14. The number of nitrogens with zero attached hydrogens (tertiary/aromatic N) is 1. The molecule has 0 aliphatic heterocycles. The second kappa shape index (κ2) is 3.76. The molecule has 1 aromatic carbocycles. The van der Waals surface area contributed by atoms with Gasteiger partial charge in [-0.25, -0.2) is 0 Å². The van der Waals surface area contributed by atoms with Gasteiger partial charge in [0.2, 0.25) is 0 Å². The van der Waals surface area contributed by atoms with Crippen molar-refractivity contribution in [2.45, 2.75) is 25.8 Å². The van der Waals surface area contributed by atoms with Crippen molar-refractivity contribution in [2.75, 3.05) is 0 Å². The van der Waals surface area contributed by atoms with Crippen molar-refractivity contribution >= 4 is 0 Å². The Labute approximate surface area is 94.2 Å². The molecule has 0 unspecified atom stereocenters. The number of rotatable bonds is 2. The Morgan fingerprint density at radius 2 is 2.12 bits per heavy atom. The predicted molar refractivity (Wildman–Crippen MR) is 61.9 cm³/mol. The molecule has 0 saturated heterocycles. The standard InChI is InChI=1S/C13H14N2O/c14-7-12-8-15-16-13(12)11-5-4-9-2-1-3-10(9)6-11/h4-6,8H,1-3,7,14H2. The van der Waals surface area contributed by atoms with Gasteiger partial charge in [0.25, 0.3) is 0 Å². The summed E-state index contributed by atoms with van der Waals surface area (Å²) in [6, 6.07) is 6.51. The lowest BCUT2D eigenvalue weighted by Crippen LogP contribution is -1.96. The van der Waals surface area contributed by atoms with Gasteiger partial charge in [-0.3, -0.25) is 0 Å². The maximum Gasteiger partial charge on any atom is 0.171 e. The number of nitrogens with two attached hydrogens (primary N) is 1. The Morgan fingerprint density at radius 3 is 3.00 bits per heavy atom. The van der Waals surface area contributed by atoms with Gasteiger partial charge in [0.05, 0.1) is 6.20 Å². The van der Waals surface area contributed by atoms with Crippen molar-refractivity contribution in [3.63, 3.8) is 0 Å². The molecule has 3 heteroatoms. The van der Waals surface area contributed by atoms with Crippen LogP contribution in [0.5, 0.6) is 0 Å². The van der Waals surface area contributed by atoms with Gasteiger partial charge in [-0.1, -0.05) is 17.3 Å². The predicted octanol–water partition coefficient (Wildman–Crippen LogP) is 2.29. The van der Waals surface area contributed by atoms with E-state index in [4.69, 9.17) is 10.3 Å². The molecule has 0 bridgehead atoms. The molecule has 2 N–H and O–H groups in total. The molecule has 3 rings (SSSR count). The molecule has 16 heavy (non-hydrogen) atoms. The first kappa shape index (κ1) is 9.60. The van der Waals surface area contributed by atoms with Crippen LogP contribution in [0.4, 0.5) is 0 Å². The molecule has 1 aromatic heterocycles. The monoisotopic (exact) mass is 214 g/mol. The molecule has 3 nitrogen and oxygen atoms in total. The summed E-state index contributed by atoms with van der Waals surface area (Å²) in [6.45, 7) is 0.468. The maximum absolute atomic E-state index is 5.65. The number of benzene rings is 1. The number of fused-ring (bicyclic) bond motifs is 1. The van der Waals surface area contributed by atoms with Crippen LogP contribution in [-0.4, -0.2) is 5.16 Å². The highest BCUT2D eigenvalue weighted by atomic mass is 16.5. The van der Waals surface area contributed by atoms with Crippen LogP contribution in [0, 0.1) is 0 Å². The Morgan fingerprint density at radius 1 is 1.25 bits per heavy atom. The summed E-state index contributed by atoms with van der Waals surface area (Å²) in [4.78, 5) is 0. The second-order valence-electron chi connectivity index (χ2n) is 4.22. The number of aryl methyl sites for hydroxylation is 2. The normalized spacial score (nSPS) is 14.1. The fourth-order valence-corrected chi connectivity index (χ4v) is 2.36. The molecule has 0 amide bonds. The van der Waals surface area contributed by atoms with Crippen LogP contribution in [-0.2, 0) is 19.4 Å². The minimum Gasteiger partial charge on any atom is -0.356 e. The second-order valence-corrected chi connectivity index (χ2v) is 4.22. The lowest BCUT2D eigenvalue weighted by Gasteiger charge is -2.03. The van der Waals surface area contributed by atoms with E-state index in [1.165, 1.54) is 30.4 Å². The van der Waals surface area contributed by atoms with Crippen LogP contribution < -0.4 is 5.73 Å². The van der Waals surface area contributed by atoms with Crippen molar-refractivity contribution in [2.24, 2.45) is 5.73 Å². The van der Waals surface area contributed by atoms with E-state index in [9.17, 15) is 0 Å². The summed E-state index contributed by atoms with van der Waals surface area (Å²) in [5, 5.41) is 3.81. The van der Waals surface area contributed by atoms with Crippen molar-refractivity contribution in [3.8, 4) is 11.3 Å². The van der Waals surface area contributed by atoms with E-state index in [0.717, 1.165) is 16.9 Å². The minimum absolute atomic E-state index is 0.468. The summed E-state index contributed by atoms with van der Waals surface area (Å²) in [5.41, 5.74) is 10.6. The van der Waals surface area contributed by atoms with E-state index >= 15 is 0 Å². The van der Waals surface area contributed by atoms with Gasteiger partial charge in [-0.2, -0.15) is 0 Å². The quantitative estimate of drug-likeness (QED) is 0.834. The molecule has 0 fully saturated rings. The van der Waals surface area contributed by atoms with Gasteiger partial charge >= 0.3 is 0 Å². The van der Waals surface area contributed by atoms with E-state index in [-0.39, 0.29) is 0 Å². The van der Waals surface area contributed by atoms with Crippen molar-refractivity contribution in [3.05, 3.63) is 41.1 Å². The zero-order valence-electron chi connectivity index (χ0n) is 9.07. The summed E-state index contributed by atoms with van der Waals surface area (Å²) in [6.07, 6.45) is 5.34. The molecule has 0 radical (unpaired) electrons. The van der Waals surface area contributed by atoms with Crippen molar-refractivity contribution < 1.29 is 4.52 Å². The highest BCUT2D eigenvalue weighted by molar-refractivity contribution is 5.62. The number of hydrogen-bond donors (Lipinski definition) is 1. The Hall–Kier alpha value is -1.61. The molecule has 1 heterocycles. The van der Waals surface area contributed by atoms with Crippen molar-refractivity contribution in [1.29, 1.82) is 0 Å². The van der Waals surface area contributed by atoms with E-state index in [1.54, 1.807) is 6.20 Å². The van der Waals surface area contributed by atoms with Gasteiger partial charge in [0, 0.05) is 17.7 Å². The van der Waals surface area contributed by atoms with Crippen LogP contribution in [0.3, 0.4) is 0 Å². The molecular formula is C13H14N2O. The zero-order chi connectivity index (χ0) is 11.0. The van der Waals surface area contributed by atoms with Gasteiger partial charge in [-0.05, 0) is 36.5 Å². The molecule has 0 atom stereocenters. The average molecular weight is 214 g/mol. The Bertz CT molecular complexity index is 516. The molecule has 1 aliphatic rings.